The molecule has 1 aliphatic heterocycles. The van der Waals surface area contributed by atoms with E-state index in [1.54, 1.807) is 12.4 Å². The van der Waals surface area contributed by atoms with E-state index in [-0.39, 0.29) is 5.91 Å². The van der Waals surface area contributed by atoms with Crippen LogP contribution in [0.5, 0.6) is 0 Å². The van der Waals surface area contributed by atoms with Gasteiger partial charge in [-0.3, -0.25) is 9.78 Å². The van der Waals surface area contributed by atoms with Crippen molar-refractivity contribution in [2.45, 2.75) is 52.0 Å². The number of imidazole rings is 1. The van der Waals surface area contributed by atoms with Gasteiger partial charge in [0, 0.05) is 49.8 Å². The van der Waals surface area contributed by atoms with Crippen molar-refractivity contribution in [2.75, 3.05) is 13.1 Å². The monoisotopic (exact) mass is 338 g/mol. The molecule has 132 valence electrons. The van der Waals surface area contributed by atoms with Crippen molar-refractivity contribution in [1.29, 1.82) is 0 Å². The summed E-state index contributed by atoms with van der Waals surface area (Å²) in [6, 6.07) is 1.90. The molecule has 2 aromatic heterocycles. The van der Waals surface area contributed by atoms with Gasteiger partial charge in [0.15, 0.2) is 0 Å². The molecule has 1 atom stereocenters. The molecular formula is C20H26N4O. The SMILES string of the molecule is Cc1ccncc1C(=O)N1CCC(Cn2c(C)cnc2C2CCC2)C1. The number of amides is 1. The Labute approximate surface area is 149 Å². The Morgan fingerprint density at radius 3 is 2.80 bits per heavy atom. The van der Waals surface area contributed by atoms with Crippen LogP contribution in [0.4, 0.5) is 0 Å². The van der Waals surface area contributed by atoms with Gasteiger partial charge in [-0.15, -0.1) is 0 Å². The molecule has 5 heteroatoms. The van der Waals surface area contributed by atoms with Crippen LogP contribution in [0.25, 0.3) is 0 Å². The maximum atomic E-state index is 12.8. The third-order valence-electron chi connectivity index (χ3n) is 5.84. The summed E-state index contributed by atoms with van der Waals surface area (Å²) in [6.07, 6.45) is 10.4. The van der Waals surface area contributed by atoms with Gasteiger partial charge < -0.3 is 9.47 Å². The molecule has 25 heavy (non-hydrogen) atoms. The first kappa shape index (κ1) is 16.3. The minimum Gasteiger partial charge on any atom is -0.338 e. The Bertz CT molecular complexity index is 778. The molecule has 1 amide bonds. The molecule has 3 heterocycles. The van der Waals surface area contributed by atoms with Gasteiger partial charge >= 0.3 is 0 Å². The van der Waals surface area contributed by atoms with Gasteiger partial charge in [0.05, 0.1) is 5.56 Å². The number of hydrogen-bond acceptors (Lipinski definition) is 3. The van der Waals surface area contributed by atoms with Crippen molar-refractivity contribution in [3.63, 3.8) is 0 Å². The first-order valence-corrected chi connectivity index (χ1v) is 9.35. The summed E-state index contributed by atoms with van der Waals surface area (Å²) in [4.78, 5) is 23.6. The zero-order valence-corrected chi connectivity index (χ0v) is 15.1. The van der Waals surface area contributed by atoms with Gasteiger partial charge in [0.1, 0.15) is 5.82 Å². The maximum Gasteiger partial charge on any atom is 0.255 e. The van der Waals surface area contributed by atoms with E-state index in [4.69, 9.17) is 0 Å². The average molecular weight is 338 g/mol. The fraction of sp³-hybridized carbons (Fsp3) is 0.550. The second-order valence-electron chi connectivity index (χ2n) is 7.59. The molecule has 2 aliphatic rings. The van der Waals surface area contributed by atoms with E-state index in [0.717, 1.165) is 37.2 Å². The van der Waals surface area contributed by atoms with Gasteiger partial charge in [0.2, 0.25) is 0 Å². The summed E-state index contributed by atoms with van der Waals surface area (Å²) < 4.78 is 2.40. The summed E-state index contributed by atoms with van der Waals surface area (Å²) >= 11 is 0. The molecule has 0 aromatic carbocycles. The fourth-order valence-corrected chi connectivity index (χ4v) is 3.99. The Balaban J connectivity index is 1.44. The van der Waals surface area contributed by atoms with Crippen molar-refractivity contribution in [1.82, 2.24) is 19.4 Å². The van der Waals surface area contributed by atoms with Gasteiger partial charge in [-0.05, 0) is 50.7 Å². The number of nitrogens with zero attached hydrogens (tertiary/aromatic N) is 4. The Kier molecular flexibility index (Phi) is 4.32. The lowest BCUT2D eigenvalue weighted by Gasteiger charge is -2.27. The molecule has 1 saturated heterocycles. The number of carbonyl (C=O) groups excluding carboxylic acids is 1. The summed E-state index contributed by atoms with van der Waals surface area (Å²) in [6.45, 7) is 6.76. The highest BCUT2D eigenvalue weighted by molar-refractivity contribution is 5.95. The molecular weight excluding hydrogens is 312 g/mol. The van der Waals surface area contributed by atoms with Crippen LogP contribution >= 0.6 is 0 Å². The number of pyridine rings is 1. The molecule has 5 nitrogen and oxygen atoms in total. The lowest BCUT2D eigenvalue weighted by Crippen LogP contribution is -2.30. The molecule has 0 bridgehead atoms. The molecule has 2 aromatic rings. The van der Waals surface area contributed by atoms with Crippen LogP contribution in [0.15, 0.2) is 24.7 Å². The minimum atomic E-state index is 0.120. The van der Waals surface area contributed by atoms with Crippen molar-refractivity contribution in [3.05, 3.63) is 47.3 Å². The smallest absolute Gasteiger partial charge is 0.255 e. The van der Waals surface area contributed by atoms with E-state index >= 15 is 0 Å². The van der Waals surface area contributed by atoms with Crippen molar-refractivity contribution >= 4 is 5.91 Å². The molecule has 0 radical (unpaired) electrons. The van der Waals surface area contributed by atoms with E-state index in [2.05, 4.69) is 21.5 Å². The molecule has 1 unspecified atom stereocenters. The van der Waals surface area contributed by atoms with E-state index in [9.17, 15) is 4.79 Å². The summed E-state index contributed by atoms with van der Waals surface area (Å²) in [5, 5.41) is 0. The molecule has 2 fully saturated rings. The van der Waals surface area contributed by atoms with Gasteiger partial charge in [0.25, 0.3) is 5.91 Å². The highest BCUT2D eigenvalue weighted by Crippen LogP contribution is 2.36. The summed E-state index contributed by atoms with van der Waals surface area (Å²) in [5.74, 6) is 2.53. The van der Waals surface area contributed by atoms with E-state index < -0.39 is 0 Å². The summed E-state index contributed by atoms with van der Waals surface area (Å²) in [5.41, 5.74) is 2.98. The standard InChI is InChI=1S/C20H26N4O/c1-14-6-8-21-11-18(14)20(25)23-9-7-16(12-23)13-24-15(2)10-22-19(24)17-4-3-5-17/h6,8,10-11,16-17H,3-5,7,9,12-13H2,1-2H3. The normalized spacial score (nSPS) is 20.7. The van der Waals surface area contributed by atoms with Crippen LogP contribution in [0.2, 0.25) is 0 Å². The minimum absolute atomic E-state index is 0.120. The van der Waals surface area contributed by atoms with Crippen LogP contribution in [0, 0.1) is 19.8 Å². The van der Waals surface area contributed by atoms with Crippen LogP contribution in [0.1, 0.15) is 59.0 Å². The first-order chi connectivity index (χ1) is 12.1. The third-order valence-corrected chi connectivity index (χ3v) is 5.84. The lowest BCUT2D eigenvalue weighted by atomic mass is 9.84. The second-order valence-corrected chi connectivity index (χ2v) is 7.59. The number of carbonyl (C=O) groups is 1. The van der Waals surface area contributed by atoms with Gasteiger partial charge in [-0.1, -0.05) is 6.42 Å². The zero-order chi connectivity index (χ0) is 17.4. The van der Waals surface area contributed by atoms with Crippen LogP contribution in [-0.2, 0) is 6.54 Å². The van der Waals surface area contributed by atoms with E-state index in [1.807, 2.05) is 24.1 Å². The number of likely N-dealkylation sites (tertiary alicyclic amines) is 1. The Hall–Kier alpha value is -2.17. The quantitative estimate of drug-likeness (QED) is 0.859. The second kappa shape index (κ2) is 6.62. The highest BCUT2D eigenvalue weighted by Gasteiger charge is 2.30. The van der Waals surface area contributed by atoms with Gasteiger partial charge in [-0.2, -0.15) is 0 Å². The number of aryl methyl sites for hydroxylation is 2. The molecule has 1 saturated carbocycles. The van der Waals surface area contributed by atoms with Crippen LogP contribution < -0.4 is 0 Å². The van der Waals surface area contributed by atoms with Crippen LogP contribution in [-0.4, -0.2) is 38.4 Å². The van der Waals surface area contributed by atoms with Crippen molar-refractivity contribution < 1.29 is 4.79 Å². The fourth-order valence-electron chi connectivity index (χ4n) is 3.99. The average Bonchev–Trinajstić information content (AvgIpc) is 3.16. The van der Waals surface area contributed by atoms with E-state index in [1.165, 1.54) is 30.8 Å². The number of aromatic nitrogens is 3. The third kappa shape index (κ3) is 3.08. The molecule has 0 N–H and O–H groups in total. The highest BCUT2D eigenvalue weighted by atomic mass is 16.2. The topological polar surface area (TPSA) is 51.0 Å². The predicted molar refractivity (Wildman–Crippen MR) is 96.5 cm³/mol. The molecule has 4 rings (SSSR count). The van der Waals surface area contributed by atoms with Gasteiger partial charge in [-0.25, -0.2) is 4.98 Å². The van der Waals surface area contributed by atoms with Crippen molar-refractivity contribution in [3.8, 4) is 0 Å². The molecule has 1 aliphatic carbocycles. The Morgan fingerprint density at radius 1 is 1.24 bits per heavy atom. The number of rotatable bonds is 4. The van der Waals surface area contributed by atoms with Crippen molar-refractivity contribution in [2.24, 2.45) is 5.92 Å². The Morgan fingerprint density at radius 2 is 2.08 bits per heavy atom. The summed E-state index contributed by atoms with van der Waals surface area (Å²) in [7, 11) is 0. The van der Waals surface area contributed by atoms with Crippen LogP contribution in [0.3, 0.4) is 0 Å². The lowest BCUT2D eigenvalue weighted by molar-refractivity contribution is 0.0784. The first-order valence-electron chi connectivity index (χ1n) is 9.35. The van der Waals surface area contributed by atoms with E-state index in [0.29, 0.717) is 11.8 Å². The maximum absolute atomic E-state index is 12.8. The largest absolute Gasteiger partial charge is 0.338 e. The number of hydrogen-bond donors (Lipinski definition) is 0. The predicted octanol–water partition coefficient (Wildman–Crippen LogP) is 3.32. The zero-order valence-electron chi connectivity index (χ0n) is 15.1. The molecule has 0 spiro atoms.